The van der Waals surface area contributed by atoms with Gasteiger partial charge >= 0.3 is 0 Å². The second-order valence-corrected chi connectivity index (χ2v) is 17.0. The molecule has 316 valence electrons. The van der Waals surface area contributed by atoms with Crippen LogP contribution in [-0.2, 0) is 19.7 Å². The highest BCUT2D eigenvalue weighted by molar-refractivity contribution is 6.12. The second-order valence-electron chi connectivity index (χ2n) is 17.0. The van der Waals surface area contributed by atoms with Gasteiger partial charge in [0.2, 0.25) is 0 Å². The predicted octanol–water partition coefficient (Wildman–Crippen LogP) is 13.1. The molecule has 6 heteroatoms. The molecule has 2 amide bonds. The van der Waals surface area contributed by atoms with Crippen molar-refractivity contribution in [3.05, 3.63) is 157 Å². The summed E-state index contributed by atoms with van der Waals surface area (Å²) in [5.41, 5.74) is 14.8. The molecule has 62 heavy (non-hydrogen) atoms. The first-order valence-corrected chi connectivity index (χ1v) is 22.3. The maximum atomic E-state index is 11.7. The van der Waals surface area contributed by atoms with E-state index in [0.717, 1.165) is 75.0 Å². The molecule has 0 N–H and O–H groups in total. The van der Waals surface area contributed by atoms with Crippen molar-refractivity contribution in [2.45, 2.75) is 70.6 Å². The fourth-order valence-electron chi connectivity index (χ4n) is 8.75. The third-order valence-electron chi connectivity index (χ3n) is 12.4. The summed E-state index contributed by atoms with van der Waals surface area (Å²) in [6, 6.07) is 48.5. The van der Waals surface area contributed by atoms with Crippen molar-refractivity contribution in [1.29, 1.82) is 0 Å². The number of nitrogens with zero attached hydrogens (tertiary/aromatic N) is 1. The quantitative estimate of drug-likeness (QED) is 0.0567. The average molecular weight is 824 g/mol. The Balaban J connectivity index is 0.828. The molecule has 0 aromatic heterocycles. The van der Waals surface area contributed by atoms with Gasteiger partial charge in [0.05, 0.1) is 13.2 Å². The first kappa shape index (κ1) is 42.5. The zero-order valence-electron chi connectivity index (χ0n) is 36.3. The summed E-state index contributed by atoms with van der Waals surface area (Å²) in [4.78, 5) is 24.6. The van der Waals surface area contributed by atoms with Gasteiger partial charge in [-0.3, -0.25) is 14.5 Å². The van der Waals surface area contributed by atoms with Crippen molar-refractivity contribution in [2.75, 3.05) is 33.5 Å². The summed E-state index contributed by atoms with van der Waals surface area (Å²) in [5, 5.41) is 0. The lowest BCUT2D eigenvalue weighted by atomic mass is 9.80. The SMILES string of the molecule is COCCCCOc1ccc(-c2ccc(-c3ccc4c(c3)C(C)(C)c3cc(-c5ccc(-c6ccc(OCCCCCCCCN7C(=O)C=CC7=O)cc6)cc5)ccc3-4)cc2)cc1. The van der Waals surface area contributed by atoms with Crippen LogP contribution in [0, 0.1) is 0 Å². The highest BCUT2D eigenvalue weighted by Crippen LogP contribution is 2.50. The minimum Gasteiger partial charge on any atom is -0.494 e. The molecule has 0 unspecified atom stereocenters. The van der Waals surface area contributed by atoms with Crippen LogP contribution in [0.25, 0.3) is 55.6 Å². The van der Waals surface area contributed by atoms with E-state index in [0.29, 0.717) is 19.8 Å². The van der Waals surface area contributed by atoms with Gasteiger partial charge in [-0.2, -0.15) is 0 Å². The Morgan fingerprint density at radius 1 is 0.419 bits per heavy atom. The van der Waals surface area contributed by atoms with E-state index in [-0.39, 0.29) is 17.2 Å². The fourth-order valence-corrected chi connectivity index (χ4v) is 8.75. The molecule has 6 aromatic carbocycles. The van der Waals surface area contributed by atoms with Gasteiger partial charge in [0, 0.05) is 37.8 Å². The molecule has 1 aliphatic carbocycles. The molecule has 6 aromatic rings. The van der Waals surface area contributed by atoms with Gasteiger partial charge in [-0.25, -0.2) is 0 Å². The lowest BCUT2D eigenvalue weighted by Crippen LogP contribution is -2.30. The van der Waals surface area contributed by atoms with Gasteiger partial charge in [-0.1, -0.05) is 137 Å². The maximum absolute atomic E-state index is 11.7. The van der Waals surface area contributed by atoms with Gasteiger partial charge in [-0.15, -0.1) is 0 Å². The molecule has 8 rings (SSSR count). The average Bonchev–Trinajstić information content (AvgIpc) is 3.75. The number of ether oxygens (including phenoxy) is 3. The van der Waals surface area contributed by atoms with E-state index < -0.39 is 0 Å². The minimum absolute atomic E-state index is 0.133. The number of fused-ring (bicyclic) bond motifs is 3. The first-order chi connectivity index (χ1) is 30.3. The van der Waals surface area contributed by atoms with E-state index in [1.807, 2.05) is 0 Å². The van der Waals surface area contributed by atoms with Crippen LogP contribution < -0.4 is 9.47 Å². The molecule has 0 radical (unpaired) electrons. The fraction of sp³-hybridized carbons (Fsp3) is 0.286. The molecule has 0 fully saturated rings. The topological polar surface area (TPSA) is 65.1 Å². The Kier molecular flexibility index (Phi) is 13.4. The summed E-state index contributed by atoms with van der Waals surface area (Å²) < 4.78 is 17.1. The van der Waals surface area contributed by atoms with Gasteiger partial charge in [-0.05, 0) is 129 Å². The number of hydrogen-bond donors (Lipinski definition) is 0. The van der Waals surface area contributed by atoms with Crippen molar-refractivity contribution < 1.29 is 23.8 Å². The molecular weight excluding hydrogens is 767 g/mol. The Morgan fingerprint density at radius 3 is 1.19 bits per heavy atom. The number of imide groups is 1. The normalized spacial score (nSPS) is 13.7. The van der Waals surface area contributed by atoms with Gasteiger partial charge in [0.25, 0.3) is 11.8 Å². The Labute approximate surface area is 367 Å². The van der Waals surface area contributed by atoms with Crippen molar-refractivity contribution in [2.24, 2.45) is 0 Å². The zero-order valence-corrected chi connectivity index (χ0v) is 36.3. The van der Waals surface area contributed by atoms with E-state index >= 15 is 0 Å². The molecular formula is C56H57NO5. The number of carbonyl (C=O) groups excluding carboxylic acids is 2. The summed E-state index contributed by atoms with van der Waals surface area (Å²) in [6.45, 7) is 7.38. The monoisotopic (exact) mass is 823 g/mol. The third-order valence-corrected chi connectivity index (χ3v) is 12.4. The maximum Gasteiger partial charge on any atom is 0.253 e. The highest BCUT2D eigenvalue weighted by Gasteiger charge is 2.36. The molecule has 1 aliphatic heterocycles. The van der Waals surface area contributed by atoms with E-state index in [2.05, 4.69) is 147 Å². The standard InChI is InChI=1S/C56H57NO5/c1-56(2)52-38-46(44-16-12-40(13-17-44)42-20-26-48(27-21-42)61-36-9-7-5-4-6-8-34-57-54(58)32-33-55(57)59)24-30-50(52)51-31-25-47(39-53(51)56)45-18-14-41(15-19-45)43-22-28-49(29-23-43)62-37-11-10-35-60-3/h12-33,38-39H,4-11,34-37H2,1-3H3. The van der Waals surface area contributed by atoms with Crippen molar-refractivity contribution >= 4 is 11.8 Å². The summed E-state index contributed by atoms with van der Waals surface area (Å²) in [7, 11) is 1.73. The van der Waals surface area contributed by atoms with Crippen LogP contribution in [0.2, 0.25) is 0 Å². The van der Waals surface area contributed by atoms with E-state index in [1.54, 1.807) is 7.11 Å². The lowest BCUT2D eigenvalue weighted by molar-refractivity contribution is -0.136. The Bertz CT molecular complexity index is 2480. The minimum atomic E-state index is -0.190. The van der Waals surface area contributed by atoms with E-state index in [4.69, 9.17) is 14.2 Å². The van der Waals surface area contributed by atoms with Gasteiger partial charge in [0.15, 0.2) is 0 Å². The summed E-state index contributed by atoms with van der Waals surface area (Å²) in [6.07, 6.45) is 10.9. The molecule has 1 heterocycles. The summed E-state index contributed by atoms with van der Waals surface area (Å²) in [5.74, 6) is 1.41. The van der Waals surface area contributed by atoms with Crippen LogP contribution in [-0.4, -0.2) is 50.2 Å². The van der Waals surface area contributed by atoms with Crippen LogP contribution in [0.3, 0.4) is 0 Å². The van der Waals surface area contributed by atoms with Crippen LogP contribution in [0.15, 0.2) is 146 Å². The molecule has 0 saturated carbocycles. The van der Waals surface area contributed by atoms with Crippen LogP contribution in [0.4, 0.5) is 0 Å². The van der Waals surface area contributed by atoms with Crippen molar-refractivity contribution in [1.82, 2.24) is 4.90 Å². The number of rotatable bonds is 20. The van der Waals surface area contributed by atoms with Crippen LogP contribution >= 0.6 is 0 Å². The van der Waals surface area contributed by atoms with E-state index in [1.165, 1.54) is 78.2 Å². The molecule has 0 spiro atoms. The molecule has 2 aliphatic rings. The van der Waals surface area contributed by atoms with Crippen LogP contribution in [0.1, 0.15) is 76.3 Å². The van der Waals surface area contributed by atoms with Crippen molar-refractivity contribution in [3.63, 3.8) is 0 Å². The van der Waals surface area contributed by atoms with Gasteiger partial charge < -0.3 is 14.2 Å². The zero-order chi connectivity index (χ0) is 42.9. The largest absolute Gasteiger partial charge is 0.494 e. The number of methoxy groups -OCH3 is 1. The molecule has 0 saturated heterocycles. The summed E-state index contributed by atoms with van der Waals surface area (Å²) >= 11 is 0. The second kappa shape index (κ2) is 19.6. The smallest absolute Gasteiger partial charge is 0.253 e. The van der Waals surface area contributed by atoms with Crippen LogP contribution in [0.5, 0.6) is 11.5 Å². The Hall–Kier alpha value is -6.24. The lowest BCUT2D eigenvalue weighted by Gasteiger charge is -2.22. The number of carbonyl (C=O) groups is 2. The number of unbranched alkanes of at least 4 members (excludes halogenated alkanes) is 6. The van der Waals surface area contributed by atoms with E-state index in [9.17, 15) is 9.59 Å². The van der Waals surface area contributed by atoms with Gasteiger partial charge in [0.1, 0.15) is 11.5 Å². The van der Waals surface area contributed by atoms with Crippen molar-refractivity contribution in [3.8, 4) is 67.1 Å². The first-order valence-electron chi connectivity index (χ1n) is 22.3. The third kappa shape index (κ3) is 9.77. The highest BCUT2D eigenvalue weighted by atomic mass is 16.5. The number of amides is 2. The number of hydrogen-bond acceptors (Lipinski definition) is 5. The molecule has 0 atom stereocenters. The molecule has 0 bridgehead atoms. The Morgan fingerprint density at radius 2 is 0.758 bits per heavy atom. The number of benzene rings is 6. The molecule has 6 nitrogen and oxygen atoms in total. The predicted molar refractivity (Wildman–Crippen MR) is 251 cm³/mol.